The standard InChI is InChI=1S/C10H17N3O/c1-3-14-7-8-4-11-6-10-9(8)5-12-13(10)2/h5,8,11H,3-4,6-7H2,1-2H3/t8-/m0/s1. The molecule has 1 aromatic heterocycles. The third kappa shape index (κ3) is 1.67. The van der Waals surface area contributed by atoms with E-state index in [2.05, 4.69) is 10.4 Å². The molecule has 1 atom stereocenters. The van der Waals surface area contributed by atoms with E-state index in [0.717, 1.165) is 26.3 Å². The lowest BCUT2D eigenvalue weighted by Gasteiger charge is -2.23. The Bertz CT molecular complexity index is 308. The molecule has 14 heavy (non-hydrogen) atoms. The zero-order valence-electron chi connectivity index (χ0n) is 8.79. The largest absolute Gasteiger partial charge is 0.381 e. The fraction of sp³-hybridized carbons (Fsp3) is 0.700. The minimum Gasteiger partial charge on any atom is -0.381 e. The first kappa shape index (κ1) is 9.68. The van der Waals surface area contributed by atoms with Gasteiger partial charge in [-0.25, -0.2) is 0 Å². The number of aryl methyl sites for hydroxylation is 1. The molecule has 0 bridgehead atoms. The van der Waals surface area contributed by atoms with Crippen LogP contribution >= 0.6 is 0 Å². The fourth-order valence-corrected chi connectivity index (χ4v) is 1.92. The summed E-state index contributed by atoms with van der Waals surface area (Å²) in [6, 6.07) is 0. The van der Waals surface area contributed by atoms with E-state index in [4.69, 9.17) is 4.74 Å². The first-order chi connectivity index (χ1) is 6.83. The summed E-state index contributed by atoms with van der Waals surface area (Å²) >= 11 is 0. The highest BCUT2D eigenvalue weighted by atomic mass is 16.5. The van der Waals surface area contributed by atoms with Gasteiger partial charge in [-0.15, -0.1) is 0 Å². The van der Waals surface area contributed by atoms with E-state index in [1.807, 2.05) is 24.9 Å². The Morgan fingerprint density at radius 1 is 1.71 bits per heavy atom. The maximum Gasteiger partial charge on any atom is 0.0554 e. The smallest absolute Gasteiger partial charge is 0.0554 e. The predicted octanol–water partition coefficient (Wildman–Crippen LogP) is 0.643. The number of ether oxygens (including phenoxy) is 1. The van der Waals surface area contributed by atoms with E-state index in [1.165, 1.54) is 11.3 Å². The number of fused-ring (bicyclic) bond motifs is 1. The lowest BCUT2D eigenvalue weighted by molar-refractivity contribution is 0.129. The van der Waals surface area contributed by atoms with Crippen molar-refractivity contribution in [1.29, 1.82) is 0 Å². The molecule has 1 aliphatic rings. The van der Waals surface area contributed by atoms with Crippen molar-refractivity contribution in [3.63, 3.8) is 0 Å². The molecule has 0 saturated carbocycles. The molecule has 0 fully saturated rings. The summed E-state index contributed by atoms with van der Waals surface area (Å²) < 4.78 is 7.41. The Labute approximate surface area is 84.3 Å². The summed E-state index contributed by atoms with van der Waals surface area (Å²) in [7, 11) is 1.99. The highest BCUT2D eigenvalue weighted by Crippen LogP contribution is 2.23. The van der Waals surface area contributed by atoms with Gasteiger partial charge < -0.3 is 10.1 Å². The van der Waals surface area contributed by atoms with Crippen LogP contribution in [0, 0.1) is 0 Å². The quantitative estimate of drug-likeness (QED) is 0.769. The van der Waals surface area contributed by atoms with Crippen LogP contribution in [0.15, 0.2) is 6.20 Å². The Balaban J connectivity index is 2.14. The van der Waals surface area contributed by atoms with E-state index in [1.54, 1.807) is 0 Å². The summed E-state index contributed by atoms with van der Waals surface area (Å²) in [5, 5.41) is 7.66. The van der Waals surface area contributed by atoms with Crippen LogP contribution in [-0.4, -0.2) is 29.5 Å². The molecular weight excluding hydrogens is 178 g/mol. The van der Waals surface area contributed by atoms with Gasteiger partial charge in [0.05, 0.1) is 18.5 Å². The van der Waals surface area contributed by atoms with Crippen LogP contribution in [0.2, 0.25) is 0 Å². The van der Waals surface area contributed by atoms with Crippen molar-refractivity contribution in [3.8, 4) is 0 Å². The molecule has 1 N–H and O–H groups in total. The zero-order valence-corrected chi connectivity index (χ0v) is 8.79. The lowest BCUT2D eigenvalue weighted by Crippen LogP contribution is -2.31. The molecule has 4 heteroatoms. The highest BCUT2D eigenvalue weighted by molar-refractivity contribution is 5.25. The van der Waals surface area contributed by atoms with Crippen LogP contribution in [-0.2, 0) is 18.3 Å². The average Bonchev–Trinajstić information content (AvgIpc) is 2.58. The van der Waals surface area contributed by atoms with Crippen molar-refractivity contribution in [2.45, 2.75) is 19.4 Å². The van der Waals surface area contributed by atoms with E-state index in [0.29, 0.717) is 5.92 Å². The van der Waals surface area contributed by atoms with Gasteiger partial charge in [-0.05, 0) is 6.92 Å². The molecule has 1 aromatic rings. The van der Waals surface area contributed by atoms with Gasteiger partial charge >= 0.3 is 0 Å². The number of hydrogen-bond donors (Lipinski definition) is 1. The van der Waals surface area contributed by atoms with Crippen LogP contribution in [0.4, 0.5) is 0 Å². The maximum absolute atomic E-state index is 5.46. The average molecular weight is 195 g/mol. The van der Waals surface area contributed by atoms with Crippen molar-refractivity contribution in [2.24, 2.45) is 7.05 Å². The van der Waals surface area contributed by atoms with Gasteiger partial charge in [-0.3, -0.25) is 4.68 Å². The molecule has 2 rings (SSSR count). The van der Waals surface area contributed by atoms with Crippen molar-refractivity contribution < 1.29 is 4.74 Å². The molecule has 0 aliphatic carbocycles. The normalized spacial score (nSPS) is 20.9. The fourth-order valence-electron chi connectivity index (χ4n) is 1.92. The van der Waals surface area contributed by atoms with Gasteiger partial charge in [-0.1, -0.05) is 0 Å². The Morgan fingerprint density at radius 3 is 3.36 bits per heavy atom. The van der Waals surface area contributed by atoms with Crippen LogP contribution in [0.3, 0.4) is 0 Å². The number of aromatic nitrogens is 2. The van der Waals surface area contributed by atoms with Crippen molar-refractivity contribution in [3.05, 3.63) is 17.5 Å². The van der Waals surface area contributed by atoms with E-state index < -0.39 is 0 Å². The van der Waals surface area contributed by atoms with E-state index in [-0.39, 0.29) is 0 Å². The SMILES string of the molecule is CCOC[C@@H]1CNCc2c1cnn2C. The van der Waals surface area contributed by atoms with Crippen LogP contribution in [0.25, 0.3) is 0 Å². The molecule has 0 saturated heterocycles. The molecular formula is C10H17N3O. The van der Waals surface area contributed by atoms with Crippen LogP contribution < -0.4 is 5.32 Å². The first-order valence-electron chi connectivity index (χ1n) is 5.12. The summed E-state index contributed by atoms with van der Waals surface area (Å²) in [6.07, 6.45) is 1.97. The molecule has 0 unspecified atom stereocenters. The number of nitrogens with zero attached hydrogens (tertiary/aromatic N) is 2. The number of rotatable bonds is 3. The number of nitrogens with one attached hydrogen (secondary N) is 1. The minimum absolute atomic E-state index is 0.465. The Hall–Kier alpha value is -0.870. The molecule has 0 amide bonds. The van der Waals surface area contributed by atoms with Crippen LogP contribution in [0.1, 0.15) is 24.1 Å². The molecule has 78 valence electrons. The lowest BCUT2D eigenvalue weighted by atomic mass is 9.97. The second kappa shape index (κ2) is 4.11. The third-order valence-electron chi connectivity index (χ3n) is 2.74. The Kier molecular flexibility index (Phi) is 2.84. The zero-order chi connectivity index (χ0) is 9.97. The van der Waals surface area contributed by atoms with Gasteiger partial charge in [0.25, 0.3) is 0 Å². The van der Waals surface area contributed by atoms with Gasteiger partial charge in [0.2, 0.25) is 0 Å². The third-order valence-corrected chi connectivity index (χ3v) is 2.74. The minimum atomic E-state index is 0.465. The summed E-state index contributed by atoms with van der Waals surface area (Å²) in [4.78, 5) is 0. The topological polar surface area (TPSA) is 39.1 Å². The van der Waals surface area contributed by atoms with Crippen molar-refractivity contribution in [2.75, 3.05) is 19.8 Å². The van der Waals surface area contributed by atoms with Crippen LogP contribution in [0.5, 0.6) is 0 Å². The summed E-state index contributed by atoms with van der Waals surface area (Å²) in [6.45, 7) is 5.53. The highest BCUT2D eigenvalue weighted by Gasteiger charge is 2.22. The molecule has 4 nitrogen and oxygen atoms in total. The van der Waals surface area contributed by atoms with Crippen molar-refractivity contribution in [1.82, 2.24) is 15.1 Å². The first-order valence-corrected chi connectivity index (χ1v) is 5.12. The number of hydrogen-bond acceptors (Lipinski definition) is 3. The summed E-state index contributed by atoms with van der Waals surface area (Å²) in [5.41, 5.74) is 2.64. The monoisotopic (exact) mass is 195 g/mol. The molecule has 2 heterocycles. The van der Waals surface area contributed by atoms with E-state index in [9.17, 15) is 0 Å². The molecule has 1 aliphatic heterocycles. The Morgan fingerprint density at radius 2 is 2.57 bits per heavy atom. The van der Waals surface area contributed by atoms with Gasteiger partial charge in [-0.2, -0.15) is 5.10 Å². The summed E-state index contributed by atoms with van der Waals surface area (Å²) in [5.74, 6) is 0.465. The maximum atomic E-state index is 5.46. The van der Waals surface area contributed by atoms with Gasteiger partial charge in [0.15, 0.2) is 0 Å². The second-order valence-corrected chi connectivity index (χ2v) is 3.66. The molecule has 0 aromatic carbocycles. The molecule has 0 radical (unpaired) electrons. The second-order valence-electron chi connectivity index (χ2n) is 3.66. The molecule has 0 spiro atoms. The van der Waals surface area contributed by atoms with Crippen molar-refractivity contribution >= 4 is 0 Å². The van der Waals surface area contributed by atoms with Gasteiger partial charge in [0.1, 0.15) is 0 Å². The van der Waals surface area contributed by atoms with E-state index >= 15 is 0 Å². The van der Waals surface area contributed by atoms with Gasteiger partial charge in [0, 0.05) is 38.2 Å². The predicted molar refractivity (Wildman–Crippen MR) is 54.1 cm³/mol.